The zero-order chi connectivity index (χ0) is 14.0. The predicted molar refractivity (Wildman–Crippen MR) is 81.9 cm³/mol. The highest BCUT2D eigenvalue weighted by molar-refractivity contribution is 9.10. The summed E-state index contributed by atoms with van der Waals surface area (Å²) in [4.78, 5) is 13.1. The van der Waals surface area contributed by atoms with Crippen molar-refractivity contribution < 1.29 is 4.79 Å². The number of amides is 1. The summed E-state index contributed by atoms with van der Waals surface area (Å²) in [6.07, 6.45) is 4.32. The van der Waals surface area contributed by atoms with Crippen LogP contribution in [0.3, 0.4) is 0 Å². The lowest BCUT2D eigenvalue weighted by molar-refractivity contribution is -0.116. The topological polar surface area (TPSA) is 52.9 Å². The van der Waals surface area contributed by atoms with Gasteiger partial charge in [-0.2, -0.15) is 5.26 Å². The molecule has 0 saturated carbocycles. The second kappa shape index (κ2) is 6.06. The Balaban J connectivity index is 2.24. The number of hydrogen-bond acceptors (Lipinski definition) is 3. The number of aryl methyl sites for hydroxylation is 1. The van der Waals surface area contributed by atoms with Gasteiger partial charge in [-0.3, -0.25) is 4.79 Å². The molecule has 0 fully saturated rings. The molecule has 0 saturated heterocycles. The van der Waals surface area contributed by atoms with Gasteiger partial charge in [0.25, 0.3) is 0 Å². The molecule has 0 aromatic carbocycles. The summed E-state index contributed by atoms with van der Waals surface area (Å²) >= 11 is 4.96. The molecule has 1 unspecified atom stereocenters. The molecule has 5 heteroatoms. The van der Waals surface area contributed by atoms with Crippen LogP contribution in [0.25, 0.3) is 0 Å². The van der Waals surface area contributed by atoms with Crippen molar-refractivity contribution in [3.05, 3.63) is 16.0 Å². The third-order valence-corrected chi connectivity index (χ3v) is 6.04. The Bertz CT molecular complexity index is 530. The first-order valence-electron chi connectivity index (χ1n) is 6.54. The first-order valence-corrected chi connectivity index (χ1v) is 8.27. The molecule has 1 amide bonds. The van der Waals surface area contributed by atoms with Crippen molar-refractivity contribution in [1.29, 1.82) is 5.26 Å². The van der Waals surface area contributed by atoms with E-state index in [2.05, 4.69) is 27.3 Å². The minimum Gasteiger partial charge on any atom is -0.316 e. The van der Waals surface area contributed by atoms with Crippen molar-refractivity contribution in [2.45, 2.75) is 44.4 Å². The normalized spacial score (nSPS) is 15.7. The maximum absolute atomic E-state index is 12.1. The fourth-order valence-electron chi connectivity index (χ4n) is 2.26. The van der Waals surface area contributed by atoms with Crippen LogP contribution in [0.4, 0.5) is 5.00 Å². The molecule has 1 heterocycles. The molecule has 102 valence electrons. The summed E-state index contributed by atoms with van der Waals surface area (Å²) in [6, 6.07) is 2.26. The number of thiophene rings is 1. The van der Waals surface area contributed by atoms with Crippen LogP contribution in [0, 0.1) is 17.2 Å². The minimum absolute atomic E-state index is 0.0647. The van der Waals surface area contributed by atoms with Crippen LogP contribution in [0.1, 0.15) is 42.7 Å². The molecule has 1 aromatic heterocycles. The summed E-state index contributed by atoms with van der Waals surface area (Å²) in [5.74, 6) is 0.158. The average Bonchev–Trinajstić information content (AvgIpc) is 2.74. The Morgan fingerprint density at radius 3 is 2.74 bits per heavy atom. The molecule has 2 rings (SSSR count). The number of hydrogen-bond donors (Lipinski definition) is 1. The Hall–Kier alpha value is -0.860. The predicted octanol–water partition coefficient (Wildman–Crippen LogP) is 3.86. The molecule has 1 aliphatic rings. The van der Waals surface area contributed by atoms with E-state index in [-0.39, 0.29) is 16.7 Å². The highest BCUT2D eigenvalue weighted by atomic mass is 79.9. The Morgan fingerprint density at radius 2 is 2.11 bits per heavy atom. The van der Waals surface area contributed by atoms with E-state index >= 15 is 0 Å². The van der Waals surface area contributed by atoms with Crippen molar-refractivity contribution in [3.63, 3.8) is 0 Å². The van der Waals surface area contributed by atoms with Gasteiger partial charge in [0.05, 0.1) is 10.4 Å². The van der Waals surface area contributed by atoms with E-state index in [1.54, 1.807) is 11.3 Å². The van der Waals surface area contributed by atoms with Crippen LogP contribution >= 0.6 is 27.3 Å². The van der Waals surface area contributed by atoms with E-state index in [1.807, 2.05) is 13.8 Å². The van der Waals surface area contributed by atoms with Crippen molar-refractivity contribution in [1.82, 2.24) is 0 Å². The third kappa shape index (κ3) is 3.01. The van der Waals surface area contributed by atoms with Crippen molar-refractivity contribution in [2.75, 3.05) is 5.32 Å². The number of nitriles is 1. The van der Waals surface area contributed by atoms with Gasteiger partial charge in [-0.15, -0.1) is 11.3 Å². The fraction of sp³-hybridized carbons (Fsp3) is 0.571. The molecule has 0 spiro atoms. The van der Waals surface area contributed by atoms with Gasteiger partial charge in [-0.05, 0) is 37.2 Å². The monoisotopic (exact) mass is 340 g/mol. The molecule has 3 nitrogen and oxygen atoms in total. The van der Waals surface area contributed by atoms with Gasteiger partial charge in [0.1, 0.15) is 11.1 Å². The zero-order valence-corrected chi connectivity index (χ0v) is 13.5. The molecule has 1 N–H and O–H groups in total. The lowest BCUT2D eigenvalue weighted by atomic mass is 9.96. The van der Waals surface area contributed by atoms with E-state index < -0.39 is 0 Å². The van der Waals surface area contributed by atoms with Gasteiger partial charge < -0.3 is 5.32 Å². The molecule has 1 aromatic rings. The molecule has 1 aliphatic carbocycles. The van der Waals surface area contributed by atoms with Crippen molar-refractivity contribution in [3.8, 4) is 6.07 Å². The molecule has 0 radical (unpaired) electrons. The van der Waals surface area contributed by atoms with Gasteiger partial charge in [0.15, 0.2) is 0 Å². The third-order valence-electron chi connectivity index (χ3n) is 3.36. The first kappa shape index (κ1) is 14.5. The zero-order valence-electron chi connectivity index (χ0n) is 11.1. The number of nitrogens with one attached hydrogen (secondary N) is 1. The number of carbonyl (C=O) groups excluding carboxylic acids is 1. The van der Waals surface area contributed by atoms with E-state index in [4.69, 9.17) is 0 Å². The second-order valence-corrected chi connectivity index (χ2v) is 7.25. The van der Waals surface area contributed by atoms with Gasteiger partial charge in [-0.25, -0.2) is 0 Å². The number of rotatable bonds is 3. The summed E-state index contributed by atoms with van der Waals surface area (Å²) in [7, 11) is 0. The van der Waals surface area contributed by atoms with Crippen LogP contribution in [0.5, 0.6) is 0 Å². The van der Waals surface area contributed by atoms with Gasteiger partial charge >= 0.3 is 0 Å². The van der Waals surface area contributed by atoms with Crippen LogP contribution in [0.15, 0.2) is 0 Å². The molecule has 1 atom stereocenters. The Morgan fingerprint density at radius 1 is 1.42 bits per heavy atom. The highest BCUT2D eigenvalue weighted by Crippen LogP contribution is 2.37. The van der Waals surface area contributed by atoms with E-state index in [1.165, 1.54) is 11.3 Å². The first-order chi connectivity index (χ1) is 9.04. The van der Waals surface area contributed by atoms with Crippen LogP contribution in [-0.2, 0) is 17.6 Å². The van der Waals surface area contributed by atoms with Crippen molar-refractivity contribution >= 4 is 38.2 Å². The largest absolute Gasteiger partial charge is 0.316 e. The number of anilines is 1. The quantitative estimate of drug-likeness (QED) is 0.849. The maximum Gasteiger partial charge on any atom is 0.239 e. The number of nitrogens with zero attached hydrogens (tertiary/aromatic N) is 1. The van der Waals surface area contributed by atoms with Crippen LogP contribution in [0.2, 0.25) is 0 Å². The molecule has 19 heavy (non-hydrogen) atoms. The van der Waals surface area contributed by atoms with Crippen molar-refractivity contribution in [2.24, 2.45) is 5.92 Å². The Labute approximate surface area is 126 Å². The number of halogens is 1. The summed E-state index contributed by atoms with van der Waals surface area (Å²) in [6.45, 7) is 3.98. The van der Waals surface area contributed by atoms with Crippen LogP contribution in [-0.4, -0.2) is 10.7 Å². The molecule has 0 aliphatic heterocycles. The molecular weight excluding hydrogens is 324 g/mol. The number of fused-ring (bicyclic) bond motifs is 1. The SMILES string of the molecule is CC(C)C(Br)C(=O)Nc1sc2c(c1C#N)CCCC2. The van der Waals surface area contributed by atoms with Gasteiger partial charge in [0.2, 0.25) is 5.91 Å². The van der Waals surface area contributed by atoms with E-state index in [9.17, 15) is 10.1 Å². The molecule has 0 bridgehead atoms. The number of carbonyl (C=O) groups is 1. The summed E-state index contributed by atoms with van der Waals surface area (Å²) in [5, 5.41) is 13.0. The van der Waals surface area contributed by atoms with Gasteiger partial charge in [-0.1, -0.05) is 29.8 Å². The lowest BCUT2D eigenvalue weighted by Crippen LogP contribution is -2.26. The minimum atomic E-state index is -0.224. The standard InChI is InChI=1S/C14H17BrN2OS/c1-8(2)12(15)13(18)17-14-10(7-16)9-5-3-4-6-11(9)19-14/h8,12H,3-6H2,1-2H3,(H,17,18). The maximum atomic E-state index is 12.1. The highest BCUT2D eigenvalue weighted by Gasteiger charge is 2.24. The summed E-state index contributed by atoms with van der Waals surface area (Å²) < 4.78 is 0. The molecular formula is C14H17BrN2OS. The van der Waals surface area contributed by atoms with Gasteiger partial charge in [0, 0.05) is 4.88 Å². The lowest BCUT2D eigenvalue weighted by Gasteiger charge is -2.13. The second-order valence-electron chi connectivity index (χ2n) is 5.16. The summed E-state index contributed by atoms with van der Waals surface area (Å²) in [5.41, 5.74) is 1.83. The number of alkyl halides is 1. The smallest absolute Gasteiger partial charge is 0.239 e. The average molecular weight is 341 g/mol. The Kier molecular flexibility index (Phi) is 4.64. The fourth-order valence-corrected chi connectivity index (χ4v) is 3.61. The van der Waals surface area contributed by atoms with E-state index in [0.29, 0.717) is 5.56 Å². The van der Waals surface area contributed by atoms with E-state index in [0.717, 1.165) is 29.8 Å². The van der Waals surface area contributed by atoms with Crippen LogP contribution < -0.4 is 5.32 Å².